The van der Waals surface area contributed by atoms with Crippen LogP contribution in [-0.2, 0) is 6.61 Å². The van der Waals surface area contributed by atoms with Crippen LogP contribution in [0.1, 0.15) is 35.6 Å². The van der Waals surface area contributed by atoms with E-state index in [-0.39, 0.29) is 12.0 Å². The molecule has 0 amide bonds. The van der Waals surface area contributed by atoms with Crippen molar-refractivity contribution in [2.45, 2.75) is 46.8 Å². The fourth-order valence-electron chi connectivity index (χ4n) is 4.28. The molecule has 4 aromatic rings. The number of aliphatic hydroxyl groups excluding tert-OH is 1. The lowest BCUT2D eigenvalue weighted by molar-refractivity contribution is 0.155. The molecule has 1 unspecified atom stereocenters. The second kappa shape index (κ2) is 11.1. The fraction of sp³-hybridized carbons (Fsp3) is 0.276. The largest absolute Gasteiger partial charge is 0.568 e. The van der Waals surface area contributed by atoms with E-state index in [4.69, 9.17) is 9.47 Å². The van der Waals surface area contributed by atoms with Gasteiger partial charge < -0.3 is 24.2 Å². The Bertz CT molecular complexity index is 1320. The first-order valence-electron chi connectivity index (χ1n) is 11.9. The fourth-order valence-corrected chi connectivity index (χ4v) is 5.14. The molecule has 2 atom stereocenters. The van der Waals surface area contributed by atoms with Crippen LogP contribution in [0.4, 0.5) is 0 Å². The van der Waals surface area contributed by atoms with Gasteiger partial charge in [-0.05, 0) is 97.5 Å². The summed E-state index contributed by atoms with van der Waals surface area (Å²) < 4.78 is 27.5. The quantitative estimate of drug-likeness (QED) is 0.252. The molecule has 0 aliphatic heterocycles. The number of aliphatic hydroxyl groups is 1. The van der Waals surface area contributed by atoms with E-state index >= 15 is 0 Å². The van der Waals surface area contributed by atoms with Gasteiger partial charge in [-0.15, -0.1) is 0 Å². The van der Waals surface area contributed by atoms with E-state index in [2.05, 4.69) is 37.3 Å². The van der Waals surface area contributed by atoms with Crippen molar-refractivity contribution in [2.75, 3.05) is 6.61 Å². The summed E-state index contributed by atoms with van der Waals surface area (Å²) in [5, 5.41) is 18.9. The molecule has 0 radical (unpaired) electrons. The Kier molecular flexibility index (Phi) is 7.94. The predicted molar refractivity (Wildman–Crippen MR) is 142 cm³/mol. The molecule has 7 heteroatoms. The lowest BCUT2D eigenvalue weighted by Crippen LogP contribution is -2.07. The van der Waals surface area contributed by atoms with Gasteiger partial charge in [-0.25, -0.2) is 0 Å². The minimum absolute atomic E-state index is 0.219. The molecular formula is C29H31NO5S. The van der Waals surface area contributed by atoms with Gasteiger partial charge in [0.2, 0.25) is 4.88 Å². The molecule has 4 rings (SSSR count). The number of hydrogen-bond acceptors (Lipinski definition) is 6. The first kappa shape index (κ1) is 25.7. The lowest BCUT2D eigenvalue weighted by atomic mass is 9.90. The summed E-state index contributed by atoms with van der Waals surface area (Å²) >= 11 is 0. The summed E-state index contributed by atoms with van der Waals surface area (Å²) in [5.74, 6) is 1.29. The smallest absolute Gasteiger partial charge is 0.270 e. The highest BCUT2D eigenvalue weighted by atomic mass is 32.2. The molecule has 36 heavy (non-hydrogen) atoms. The summed E-state index contributed by atoms with van der Waals surface area (Å²) in [6, 6.07) is 19.0. The second-order valence-electron chi connectivity index (χ2n) is 9.03. The van der Waals surface area contributed by atoms with E-state index in [0.717, 1.165) is 39.1 Å². The second-order valence-corrected chi connectivity index (χ2v) is 10.1. The molecule has 6 nitrogen and oxygen atoms in total. The third-order valence-electron chi connectivity index (χ3n) is 6.18. The molecule has 2 N–H and O–H groups in total. The zero-order valence-electron chi connectivity index (χ0n) is 20.9. The van der Waals surface area contributed by atoms with Crippen LogP contribution in [0.25, 0.3) is 21.6 Å². The molecular weight excluding hydrogens is 474 g/mol. The summed E-state index contributed by atoms with van der Waals surface area (Å²) in [7, 11) is -1.57. The Hall–Kier alpha value is -3.39. The highest BCUT2D eigenvalue weighted by molar-refractivity contribution is 7.23. The number of aromatic nitrogens is 1. The normalized spacial score (nSPS) is 12.4. The zero-order chi connectivity index (χ0) is 25.8. The molecule has 0 saturated heterocycles. The van der Waals surface area contributed by atoms with Gasteiger partial charge in [-0.1, -0.05) is 18.2 Å². The Balaban J connectivity index is 1.49. The first-order chi connectivity index (χ1) is 17.2. The van der Waals surface area contributed by atoms with Crippen LogP contribution < -0.4 is 9.47 Å². The third kappa shape index (κ3) is 5.87. The Labute approximate surface area is 214 Å². The highest BCUT2D eigenvalue weighted by Gasteiger charge is 2.16. The van der Waals surface area contributed by atoms with Gasteiger partial charge in [0.05, 0.1) is 29.7 Å². The molecule has 0 spiro atoms. The third-order valence-corrected chi connectivity index (χ3v) is 7.27. The molecule has 0 bridgehead atoms. The van der Waals surface area contributed by atoms with Crippen LogP contribution in [0.15, 0.2) is 60.7 Å². The van der Waals surface area contributed by atoms with Crippen molar-refractivity contribution < 1.29 is 24.2 Å². The standard InChI is InChI=1S/C29H31NO5S/c1-18-14-25(34-13-12-20(3)31)15-19(2)29(18)26-7-5-6-23(21(26)4)17-35-24-10-8-22(9-11-24)27-16-28(32)30-36(27)33/h5-11,14-16,20,31H,12-13,17H2,1-4H3,(H,30,32)/t20-,36?/m0/s1. The van der Waals surface area contributed by atoms with E-state index < -0.39 is 10.9 Å². The summed E-state index contributed by atoms with van der Waals surface area (Å²) in [6.07, 6.45) is 0.218. The zero-order valence-corrected chi connectivity index (χ0v) is 21.8. The maximum Gasteiger partial charge on any atom is 0.270 e. The maximum absolute atomic E-state index is 12.0. The highest BCUT2D eigenvalue weighted by Crippen LogP contribution is 2.36. The van der Waals surface area contributed by atoms with E-state index in [0.29, 0.717) is 30.3 Å². The Morgan fingerprint density at radius 3 is 2.25 bits per heavy atom. The van der Waals surface area contributed by atoms with Crippen molar-refractivity contribution in [1.29, 1.82) is 0 Å². The van der Waals surface area contributed by atoms with Gasteiger partial charge in [-0.2, -0.15) is 0 Å². The molecule has 1 aromatic heterocycles. The first-order valence-corrected chi connectivity index (χ1v) is 13.0. The van der Waals surface area contributed by atoms with Crippen LogP contribution in [0.2, 0.25) is 0 Å². The van der Waals surface area contributed by atoms with Crippen molar-refractivity contribution in [3.63, 3.8) is 0 Å². The number of benzene rings is 3. The molecule has 0 fully saturated rings. The SMILES string of the molecule is Cc1cc(OCC[C@H](C)O)cc(C)c1-c1cccc(COc2ccc(-c3cc(O)n[s+]3[O-])cc2)c1C. The molecule has 3 aromatic carbocycles. The number of hydrogen-bond donors (Lipinski definition) is 2. The Morgan fingerprint density at radius 2 is 1.64 bits per heavy atom. The van der Waals surface area contributed by atoms with Gasteiger partial charge in [0, 0.05) is 16.4 Å². The van der Waals surface area contributed by atoms with Gasteiger partial charge in [0.25, 0.3) is 5.88 Å². The number of ether oxygens (including phenoxy) is 2. The molecule has 1 heterocycles. The molecule has 0 saturated carbocycles. The van der Waals surface area contributed by atoms with E-state index in [1.165, 1.54) is 11.6 Å². The molecule has 0 aliphatic carbocycles. The topological polar surface area (TPSA) is 94.9 Å². The van der Waals surface area contributed by atoms with Crippen molar-refractivity contribution in [3.8, 4) is 38.9 Å². The number of aryl methyl sites for hydroxylation is 2. The maximum atomic E-state index is 12.0. The molecule has 0 aliphatic rings. The van der Waals surface area contributed by atoms with Crippen molar-refractivity contribution in [3.05, 3.63) is 82.9 Å². The summed E-state index contributed by atoms with van der Waals surface area (Å²) in [5.41, 5.74) is 7.58. The van der Waals surface area contributed by atoms with Crippen LogP contribution in [-0.4, -0.2) is 31.9 Å². The van der Waals surface area contributed by atoms with Gasteiger partial charge in [-0.3, -0.25) is 0 Å². The van der Waals surface area contributed by atoms with Crippen LogP contribution in [0.5, 0.6) is 17.4 Å². The number of rotatable bonds is 9. The van der Waals surface area contributed by atoms with E-state index in [9.17, 15) is 14.8 Å². The Morgan fingerprint density at radius 1 is 0.944 bits per heavy atom. The van der Waals surface area contributed by atoms with Crippen molar-refractivity contribution in [2.24, 2.45) is 0 Å². The molecule has 188 valence electrons. The van der Waals surface area contributed by atoms with E-state index in [1.807, 2.05) is 42.5 Å². The lowest BCUT2D eigenvalue weighted by Gasteiger charge is -2.18. The average molecular weight is 506 g/mol. The predicted octanol–water partition coefficient (Wildman–Crippen LogP) is 6.50. The summed E-state index contributed by atoms with van der Waals surface area (Å²) in [4.78, 5) is 0.479. The van der Waals surface area contributed by atoms with Crippen LogP contribution in [0.3, 0.4) is 0 Å². The van der Waals surface area contributed by atoms with E-state index in [1.54, 1.807) is 6.92 Å². The minimum Gasteiger partial charge on any atom is -0.568 e. The van der Waals surface area contributed by atoms with Crippen molar-refractivity contribution in [1.82, 2.24) is 4.37 Å². The van der Waals surface area contributed by atoms with Gasteiger partial charge in [0.1, 0.15) is 18.1 Å². The van der Waals surface area contributed by atoms with Gasteiger partial charge in [0.15, 0.2) is 0 Å². The van der Waals surface area contributed by atoms with Gasteiger partial charge >= 0.3 is 0 Å². The summed E-state index contributed by atoms with van der Waals surface area (Å²) in [6.45, 7) is 8.94. The number of nitrogens with zero attached hydrogens (tertiary/aromatic N) is 1. The number of aromatic hydroxyl groups is 1. The monoisotopic (exact) mass is 505 g/mol. The van der Waals surface area contributed by atoms with Crippen LogP contribution >= 0.6 is 10.9 Å². The minimum atomic E-state index is -1.57. The van der Waals surface area contributed by atoms with Crippen LogP contribution in [0, 0.1) is 20.8 Å². The average Bonchev–Trinajstić information content (AvgIpc) is 3.17. The van der Waals surface area contributed by atoms with Crippen molar-refractivity contribution >= 4 is 10.9 Å².